The van der Waals surface area contributed by atoms with Gasteiger partial charge in [0.2, 0.25) is 5.91 Å². The van der Waals surface area contributed by atoms with Crippen molar-refractivity contribution in [1.29, 1.82) is 0 Å². The molecule has 10 nitrogen and oxygen atoms in total. The summed E-state index contributed by atoms with van der Waals surface area (Å²) >= 11 is 0. The number of carbonyl (C=O) groups excluding carboxylic acids is 1. The van der Waals surface area contributed by atoms with Crippen LogP contribution in [-0.4, -0.2) is 102 Å². The number of piperazine rings is 1. The largest absolute Gasteiger partial charge is 2.00 e. The molecular weight excluding hydrogens is 732 g/mol. The van der Waals surface area contributed by atoms with Crippen molar-refractivity contribution in [3.63, 3.8) is 0 Å². The molecule has 1 amide bonds. The Hall–Kier alpha value is -2.83. The minimum Gasteiger partial charge on any atom is -0.508 e. The Balaban J connectivity index is 0.00000185. The summed E-state index contributed by atoms with van der Waals surface area (Å²) in [6.45, 7) is 11.1. The van der Waals surface area contributed by atoms with Gasteiger partial charge in [0.25, 0.3) is 0 Å². The maximum absolute atomic E-state index is 12.1. The average molecular weight is 769 g/mol. The fourth-order valence-corrected chi connectivity index (χ4v) is 5.64. The number of phenols is 1. The van der Waals surface area contributed by atoms with Crippen molar-refractivity contribution >= 4 is 29.8 Å². The number of rotatable bonds is 7. The summed E-state index contributed by atoms with van der Waals surface area (Å²) in [5.74, 6) is 1.10. The quantitative estimate of drug-likeness (QED) is 0.218. The number of nitrogens with zero attached hydrogens (tertiary/aromatic N) is 7. The van der Waals surface area contributed by atoms with Crippen LogP contribution in [0.25, 0.3) is 0 Å². The fourth-order valence-electron chi connectivity index (χ4n) is 5.64. The molecule has 1 aromatic heterocycles. The van der Waals surface area contributed by atoms with Crippen LogP contribution < -0.4 is 19.2 Å². The van der Waals surface area contributed by atoms with E-state index in [0.29, 0.717) is 45.3 Å². The number of benzene rings is 1. The number of hydrogen-bond donors (Lipinski definition) is 1. The van der Waals surface area contributed by atoms with Crippen molar-refractivity contribution in [1.82, 2.24) is 24.4 Å². The number of aromatic hydroxyl groups is 1. The topological polar surface area (TPSA) is 99.4 Å². The summed E-state index contributed by atoms with van der Waals surface area (Å²) in [6.07, 6.45) is 9.18. The van der Waals surface area contributed by atoms with E-state index in [0.717, 1.165) is 72.9 Å². The molecular formula is C29H36N7O3U+. The van der Waals surface area contributed by atoms with Crippen LogP contribution in [0.15, 0.2) is 24.8 Å². The summed E-state index contributed by atoms with van der Waals surface area (Å²) < 4.78 is 10.4. The van der Waals surface area contributed by atoms with E-state index in [1.807, 2.05) is 11.1 Å². The van der Waals surface area contributed by atoms with E-state index in [-0.39, 0.29) is 50.2 Å². The van der Waals surface area contributed by atoms with Gasteiger partial charge in [-0.2, -0.15) is 16.4 Å². The molecule has 0 aliphatic carbocycles. The number of fused-ring (bicyclic) bond motifs is 2. The van der Waals surface area contributed by atoms with E-state index in [4.69, 9.17) is 14.7 Å². The van der Waals surface area contributed by atoms with Crippen molar-refractivity contribution in [2.45, 2.75) is 19.4 Å². The van der Waals surface area contributed by atoms with Gasteiger partial charge in [0.1, 0.15) is 18.2 Å². The zero-order chi connectivity index (χ0) is 26.1. The van der Waals surface area contributed by atoms with Gasteiger partial charge in [0, 0.05) is 50.9 Å². The first kappa shape index (κ1) is 30.1. The Morgan fingerprint density at radius 3 is 2.70 bits per heavy atom. The Morgan fingerprint density at radius 2 is 1.95 bits per heavy atom. The van der Waals surface area contributed by atoms with Gasteiger partial charge in [-0.25, -0.2) is 0 Å². The number of aromatic nitrogens is 2. The van der Waals surface area contributed by atoms with Crippen LogP contribution in [0.3, 0.4) is 0 Å². The van der Waals surface area contributed by atoms with E-state index >= 15 is 0 Å². The molecule has 4 aliphatic heterocycles. The minimum atomic E-state index is -0.0346. The molecule has 208 valence electrons. The monoisotopic (exact) mass is 768 g/mol. The van der Waals surface area contributed by atoms with E-state index < -0.39 is 0 Å². The summed E-state index contributed by atoms with van der Waals surface area (Å²) in [6, 6.07) is 3.94. The van der Waals surface area contributed by atoms with Crippen LogP contribution in [0, 0.1) is 45.0 Å². The van der Waals surface area contributed by atoms with Crippen molar-refractivity contribution in [3.05, 3.63) is 61.0 Å². The van der Waals surface area contributed by atoms with Gasteiger partial charge in [-0.1, -0.05) is 11.2 Å². The molecule has 11 heteroatoms. The van der Waals surface area contributed by atoms with Crippen molar-refractivity contribution < 1.29 is 45.8 Å². The molecule has 0 atom stereocenters. The standard InChI is InChI=1S/C28H32N7O3.CH3.U/c1-2-26(37)33-9-11-34(12-10-33)27-22-5-8-35(25-16-21(36)15-20-17-29-18-23(20)25)19-24(22)30-28(31-27)38-14-13-32-6-3-4-7-32;;/h2-3,15-18H,1,4-14,19H2;1H3;/q2*-1;+2/p+1. The van der Waals surface area contributed by atoms with Crippen molar-refractivity contribution in [3.8, 4) is 11.8 Å². The first-order valence-corrected chi connectivity index (χ1v) is 13.3. The molecule has 1 aromatic carbocycles. The van der Waals surface area contributed by atoms with Gasteiger partial charge < -0.3 is 43.3 Å². The van der Waals surface area contributed by atoms with E-state index in [2.05, 4.69) is 32.4 Å². The van der Waals surface area contributed by atoms with Crippen molar-refractivity contribution in [2.75, 3.05) is 68.8 Å². The van der Waals surface area contributed by atoms with Crippen LogP contribution in [0.5, 0.6) is 11.8 Å². The molecule has 4 aliphatic rings. The molecule has 5 heterocycles. The summed E-state index contributed by atoms with van der Waals surface area (Å²) in [5, 5.41) is 10.3. The van der Waals surface area contributed by atoms with E-state index in [1.54, 1.807) is 18.3 Å². The molecule has 0 saturated carbocycles. The number of phenolic OH excluding ortho intramolecular Hbond substituents is 1. The molecule has 2 saturated heterocycles. The first-order valence-electron chi connectivity index (χ1n) is 13.3. The second-order valence-corrected chi connectivity index (χ2v) is 10.0. The van der Waals surface area contributed by atoms with Crippen LogP contribution in [0.1, 0.15) is 28.8 Å². The van der Waals surface area contributed by atoms with Crippen LogP contribution in [0.2, 0.25) is 0 Å². The van der Waals surface area contributed by atoms with Gasteiger partial charge in [-0.3, -0.25) is 4.79 Å². The van der Waals surface area contributed by atoms with Crippen molar-refractivity contribution in [2.24, 2.45) is 0 Å². The Morgan fingerprint density at radius 1 is 1.12 bits per heavy atom. The second kappa shape index (κ2) is 13.2. The zero-order valence-corrected chi connectivity index (χ0v) is 27.2. The van der Waals surface area contributed by atoms with Gasteiger partial charge >= 0.3 is 49.6 Å². The molecule has 2 fully saturated rings. The Bertz CT molecular complexity index is 1310. The molecule has 1 N–H and O–H groups in total. The van der Waals surface area contributed by atoms with E-state index in [9.17, 15) is 9.90 Å². The molecule has 40 heavy (non-hydrogen) atoms. The van der Waals surface area contributed by atoms with Gasteiger partial charge in [-0.15, -0.1) is 6.54 Å². The van der Waals surface area contributed by atoms with Gasteiger partial charge in [0.05, 0.1) is 29.1 Å². The SMILES string of the molecule is C=CC(=O)N1CCN(c2nc(OCCN3C[CH-]CC3)nc3c2CCN(c2cc(O)cc4c2C=[N+]=C4)C3)CC1.[CH3-].[U+2]. The third kappa shape index (κ3) is 6.23. The molecule has 0 unspecified atom stereocenters. The number of carbonyl (C=O) groups is 1. The average Bonchev–Trinajstić information content (AvgIpc) is 3.64. The van der Waals surface area contributed by atoms with Crippen LogP contribution in [-0.2, 0) is 17.8 Å². The predicted molar refractivity (Wildman–Crippen MR) is 154 cm³/mol. The first-order chi connectivity index (χ1) is 18.6. The molecule has 0 radical (unpaired) electrons. The number of ether oxygens (including phenoxy) is 1. The summed E-state index contributed by atoms with van der Waals surface area (Å²) in [4.78, 5) is 30.5. The Kier molecular flexibility index (Phi) is 9.96. The summed E-state index contributed by atoms with van der Waals surface area (Å²) in [5.41, 5.74) is 4.95. The molecule has 0 spiro atoms. The van der Waals surface area contributed by atoms with Gasteiger partial charge in [-0.05, 0) is 25.1 Å². The normalized spacial score (nSPS) is 17.6. The fraction of sp³-hybridized carbons (Fsp3) is 0.414. The number of hydrogen-bond acceptors (Lipinski definition) is 8. The van der Waals surface area contributed by atoms with E-state index in [1.165, 1.54) is 6.08 Å². The third-order valence-corrected chi connectivity index (χ3v) is 7.70. The number of anilines is 2. The maximum atomic E-state index is 12.1. The van der Waals surface area contributed by atoms with Gasteiger partial charge in [0.15, 0.2) is 0 Å². The minimum absolute atomic E-state index is 0. The zero-order valence-electron chi connectivity index (χ0n) is 23.1. The van der Waals surface area contributed by atoms with Crippen LogP contribution >= 0.6 is 0 Å². The number of likely N-dealkylation sites (tertiary alicyclic amines) is 1. The maximum Gasteiger partial charge on any atom is 2.00 e. The smallest absolute Gasteiger partial charge is 0.508 e. The third-order valence-electron chi connectivity index (χ3n) is 7.70. The number of amides is 1. The summed E-state index contributed by atoms with van der Waals surface area (Å²) in [7, 11) is 0. The molecule has 2 aromatic rings. The Labute approximate surface area is 259 Å². The second-order valence-electron chi connectivity index (χ2n) is 10.0. The molecule has 6 rings (SSSR count). The predicted octanol–water partition coefficient (Wildman–Crippen LogP) is 1.24. The van der Waals surface area contributed by atoms with Crippen LogP contribution in [0.4, 0.5) is 11.5 Å². The molecule has 0 bridgehead atoms.